The number of amides is 1. The number of hydrogen-bond acceptors (Lipinski definition) is 5. The van der Waals surface area contributed by atoms with E-state index in [2.05, 4.69) is 46.6 Å². The minimum atomic E-state index is -0.476. The number of anilines is 2. The van der Waals surface area contributed by atoms with E-state index in [0.29, 0.717) is 19.4 Å². The molecule has 0 bridgehead atoms. The van der Waals surface area contributed by atoms with Gasteiger partial charge < -0.3 is 16.4 Å². The van der Waals surface area contributed by atoms with Gasteiger partial charge >= 0.3 is 0 Å². The molecule has 1 heterocycles. The van der Waals surface area contributed by atoms with Gasteiger partial charge in [0.15, 0.2) is 11.6 Å². The molecule has 2 atom stereocenters. The van der Waals surface area contributed by atoms with Crippen LogP contribution in [-0.4, -0.2) is 28.5 Å². The number of primary amides is 1. The Balaban J connectivity index is 1.90. The maximum absolute atomic E-state index is 14.7. The molecule has 0 saturated carbocycles. The Bertz CT molecular complexity index is 716. The minimum Gasteiger partial charge on any atom is -0.369 e. The maximum Gasteiger partial charge on any atom is 0.220 e. The highest BCUT2D eigenvalue weighted by atomic mass is 19.1. The Kier molecular flexibility index (Phi) is 7.76. The van der Waals surface area contributed by atoms with Gasteiger partial charge in [0.25, 0.3) is 0 Å². The second-order valence-corrected chi connectivity index (χ2v) is 7.12. The molecule has 1 aromatic rings. The summed E-state index contributed by atoms with van der Waals surface area (Å²) < 4.78 is 14.7. The number of nitrogens with one attached hydrogen (secondary N) is 2. The predicted molar refractivity (Wildman–Crippen MR) is 107 cm³/mol. The number of rotatable bonds is 10. The molecule has 27 heavy (non-hydrogen) atoms. The van der Waals surface area contributed by atoms with E-state index in [-0.39, 0.29) is 29.5 Å². The number of nitrogens with zero attached hydrogens (tertiary/aromatic N) is 2. The number of carbonyl (C=O) groups is 1. The number of carbonyl (C=O) groups excluding carboxylic acids is 1. The van der Waals surface area contributed by atoms with Crippen molar-refractivity contribution in [2.24, 2.45) is 11.7 Å². The summed E-state index contributed by atoms with van der Waals surface area (Å²) in [7, 11) is 0. The summed E-state index contributed by atoms with van der Waals surface area (Å²) in [5, 5.41) is 6.19. The first-order valence-electron chi connectivity index (χ1n) is 9.57. The molecule has 1 aliphatic rings. The highest BCUT2D eigenvalue weighted by Gasteiger charge is 2.22. The molecule has 1 amide bonds. The molecule has 0 aromatic carbocycles. The van der Waals surface area contributed by atoms with Gasteiger partial charge in [-0.2, -0.15) is 4.39 Å². The summed E-state index contributed by atoms with van der Waals surface area (Å²) in [6.45, 7) is 6.53. The SMILES string of the molecule is CC/C=C\C1=C(C)CC(Nc2ncnc(NCCCC(C)C(N)=O)c2F)C1. The first kappa shape index (κ1) is 20.9. The van der Waals surface area contributed by atoms with Gasteiger partial charge in [0.2, 0.25) is 11.7 Å². The molecule has 2 unspecified atom stereocenters. The number of allylic oxidation sites excluding steroid dienone is 2. The molecule has 0 radical (unpaired) electrons. The normalized spacial score (nSPS) is 18.1. The molecule has 7 heteroatoms. The Labute approximate surface area is 160 Å². The fourth-order valence-corrected chi connectivity index (χ4v) is 3.13. The van der Waals surface area contributed by atoms with E-state index in [1.807, 2.05) is 0 Å². The van der Waals surface area contributed by atoms with E-state index in [9.17, 15) is 9.18 Å². The molecule has 0 fully saturated rings. The van der Waals surface area contributed by atoms with Crippen LogP contribution in [0.1, 0.15) is 52.9 Å². The van der Waals surface area contributed by atoms with Crippen LogP contribution in [-0.2, 0) is 4.79 Å². The van der Waals surface area contributed by atoms with Crippen molar-refractivity contribution in [1.29, 1.82) is 0 Å². The highest BCUT2D eigenvalue weighted by Crippen LogP contribution is 2.30. The topological polar surface area (TPSA) is 92.9 Å². The standard InChI is InChI=1S/C20H30FN5O/c1-4-5-8-15-11-16(10-14(15)3)26-20-17(21)19(24-12-25-20)23-9-6-7-13(2)18(22)27/h5,8,12-13,16H,4,6-7,9-11H2,1-3H3,(H2,22,27)(H2,23,24,25,26)/b8-5-. The number of halogens is 1. The largest absolute Gasteiger partial charge is 0.369 e. The van der Waals surface area contributed by atoms with Gasteiger partial charge in [0.05, 0.1) is 0 Å². The van der Waals surface area contributed by atoms with Crippen LogP contribution in [0.3, 0.4) is 0 Å². The lowest BCUT2D eigenvalue weighted by atomic mass is 10.1. The number of nitrogens with two attached hydrogens (primary N) is 1. The van der Waals surface area contributed by atoms with Crippen LogP contribution < -0.4 is 16.4 Å². The average molecular weight is 375 g/mol. The van der Waals surface area contributed by atoms with Gasteiger partial charge in [-0.15, -0.1) is 0 Å². The molecular weight excluding hydrogens is 345 g/mol. The van der Waals surface area contributed by atoms with Crippen molar-refractivity contribution in [3.05, 3.63) is 35.4 Å². The Morgan fingerprint density at radius 3 is 2.85 bits per heavy atom. The Morgan fingerprint density at radius 2 is 2.15 bits per heavy atom. The van der Waals surface area contributed by atoms with E-state index in [1.54, 1.807) is 6.92 Å². The molecule has 0 saturated heterocycles. The third-order valence-electron chi connectivity index (χ3n) is 4.84. The molecule has 0 aliphatic heterocycles. The van der Waals surface area contributed by atoms with E-state index in [0.717, 1.165) is 19.3 Å². The third-order valence-corrected chi connectivity index (χ3v) is 4.84. The summed E-state index contributed by atoms with van der Waals surface area (Å²) >= 11 is 0. The average Bonchev–Trinajstić information content (AvgIpc) is 2.98. The first-order chi connectivity index (χ1) is 12.9. The van der Waals surface area contributed by atoms with Gasteiger partial charge in [0.1, 0.15) is 6.33 Å². The smallest absolute Gasteiger partial charge is 0.220 e. The molecule has 1 aromatic heterocycles. The molecule has 0 spiro atoms. The predicted octanol–water partition coefficient (Wildman–Crippen LogP) is 3.79. The van der Waals surface area contributed by atoms with Crippen LogP contribution in [0.25, 0.3) is 0 Å². The lowest BCUT2D eigenvalue weighted by molar-refractivity contribution is -0.121. The van der Waals surface area contributed by atoms with Gasteiger partial charge in [-0.3, -0.25) is 4.79 Å². The van der Waals surface area contributed by atoms with Crippen LogP contribution in [0, 0.1) is 11.7 Å². The Hall–Kier alpha value is -2.44. The Morgan fingerprint density at radius 1 is 1.41 bits per heavy atom. The molecule has 2 rings (SSSR count). The maximum atomic E-state index is 14.7. The number of aromatic nitrogens is 2. The van der Waals surface area contributed by atoms with E-state index in [1.165, 1.54) is 17.5 Å². The summed E-state index contributed by atoms with van der Waals surface area (Å²) in [5.41, 5.74) is 7.88. The van der Waals surface area contributed by atoms with Crippen molar-refractivity contribution in [2.45, 2.75) is 58.9 Å². The van der Waals surface area contributed by atoms with Gasteiger partial charge in [0, 0.05) is 18.5 Å². The van der Waals surface area contributed by atoms with Gasteiger partial charge in [-0.1, -0.05) is 31.6 Å². The highest BCUT2D eigenvalue weighted by molar-refractivity contribution is 5.76. The lowest BCUT2D eigenvalue weighted by Gasteiger charge is -2.15. The quantitative estimate of drug-likeness (QED) is 0.541. The fourth-order valence-electron chi connectivity index (χ4n) is 3.13. The second-order valence-electron chi connectivity index (χ2n) is 7.12. The summed E-state index contributed by atoms with van der Waals surface area (Å²) in [6.07, 6.45) is 9.76. The zero-order valence-electron chi connectivity index (χ0n) is 16.4. The summed E-state index contributed by atoms with van der Waals surface area (Å²) in [4.78, 5) is 19.1. The van der Waals surface area contributed by atoms with Crippen LogP contribution >= 0.6 is 0 Å². The van der Waals surface area contributed by atoms with E-state index < -0.39 is 5.82 Å². The third kappa shape index (κ3) is 6.05. The van der Waals surface area contributed by atoms with Crippen LogP contribution in [0.15, 0.2) is 29.6 Å². The van der Waals surface area contributed by atoms with Crippen LogP contribution in [0.4, 0.5) is 16.0 Å². The zero-order valence-corrected chi connectivity index (χ0v) is 16.4. The first-order valence-corrected chi connectivity index (χ1v) is 9.57. The van der Waals surface area contributed by atoms with Crippen molar-refractivity contribution in [1.82, 2.24) is 9.97 Å². The molecular formula is C20H30FN5O. The van der Waals surface area contributed by atoms with Gasteiger partial charge in [-0.25, -0.2) is 9.97 Å². The monoisotopic (exact) mass is 375 g/mol. The van der Waals surface area contributed by atoms with Crippen LogP contribution in [0.5, 0.6) is 0 Å². The number of hydrogen-bond donors (Lipinski definition) is 3. The van der Waals surface area contributed by atoms with Crippen LogP contribution in [0.2, 0.25) is 0 Å². The van der Waals surface area contributed by atoms with Crippen molar-refractivity contribution in [3.8, 4) is 0 Å². The fraction of sp³-hybridized carbons (Fsp3) is 0.550. The van der Waals surface area contributed by atoms with Crippen molar-refractivity contribution < 1.29 is 9.18 Å². The molecule has 6 nitrogen and oxygen atoms in total. The molecule has 148 valence electrons. The summed E-state index contributed by atoms with van der Waals surface area (Å²) in [6, 6.07) is 0.134. The zero-order chi connectivity index (χ0) is 19.8. The second kappa shape index (κ2) is 10.0. The molecule has 1 aliphatic carbocycles. The van der Waals surface area contributed by atoms with Crippen molar-refractivity contribution >= 4 is 17.5 Å². The van der Waals surface area contributed by atoms with Gasteiger partial charge in [-0.05, 0) is 44.6 Å². The van der Waals surface area contributed by atoms with Crippen molar-refractivity contribution in [3.63, 3.8) is 0 Å². The van der Waals surface area contributed by atoms with E-state index in [4.69, 9.17) is 5.73 Å². The lowest BCUT2D eigenvalue weighted by Crippen LogP contribution is -2.21. The van der Waals surface area contributed by atoms with Crippen molar-refractivity contribution in [2.75, 3.05) is 17.2 Å². The summed E-state index contributed by atoms with van der Waals surface area (Å²) in [5.74, 6) is -0.586. The minimum absolute atomic E-state index is 0.134. The van der Waals surface area contributed by atoms with E-state index >= 15 is 0 Å². The molecule has 4 N–H and O–H groups in total.